The number of hydrogen-bond acceptors (Lipinski definition) is 3. The molecule has 80 valence electrons. The van der Waals surface area contributed by atoms with Crippen LogP contribution in [-0.2, 0) is 9.53 Å². The van der Waals surface area contributed by atoms with Crippen LogP contribution in [-0.4, -0.2) is 42.8 Å². The van der Waals surface area contributed by atoms with Crippen molar-refractivity contribution < 1.29 is 9.53 Å². The number of nitrogens with one attached hydrogen (secondary N) is 1. The van der Waals surface area contributed by atoms with Gasteiger partial charge in [0.1, 0.15) is 0 Å². The minimum absolute atomic E-state index is 0.229. The van der Waals surface area contributed by atoms with E-state index in [4.69, 9.17) is 4.74 Å². The Morgan fingerprint density at radius 3 is 3.14 bits per heavy atom. The lowest BCUT2D eigenvalue weighted by Crippen LogP contribution is -2.48. The van der Waals surface area contributed by atoms with Crippen LogP contribution in [0.15, 0.2) is 0 Å². The number of amides is 1. The molecule has 1 N–H and O–H groups in total. The molecule has 4 nitrogen and oxygen atoms in total. The Hall–Kier alpha value is -0.610. The predicted octanol–water partition coefficient (Wildman–Crippen LogP) is 0.333. The Morgan fingerprint density at radius 1 is 1.64 bits per heavy atom. The van der Waals surface area contributed by atoms with Crippen LogP contribution in [0.1, 0.15) is 26.2 Å². The summed E-state index contributed by atoms with van der Waals surface area (Å²) in [4.78, 5) is 13.6. The summed E-state index contributed by atoms with van der Waals surface area (Å²) in [7, 11) is 0. The van der Waals surface area contributed by atoms with Crippen molar-refractivity contribution in [3.63, 3.8) is 0 Å². The van der Waals surface area contributed by atoms with Gasteiger partial charge >= 0.3 is 0 Å². The van der Waals surface area contributed by atoms with Crippen LogP contribution in [0.4, 0.5) is 0 Å². The number of carbonyl (C=O) groups excluding carboxylic acids is 1. The predicted molar refractivity (Wildman–Crippen MR) is 52.8 cm³/mol. The molecule has 0 saturated carbocycles. The third-order valence-corrected chi connectivity index (χ3v) is 3.03. The third-order valence-electron chi connectivity index (χ3n) is 3.03. The molecule has 2 rings (SSSR count). The van der Waals surface area contributed by atoms with Crippen molar-refractivity contribution in [1.82, 2.24) is 10.2 Å². The molecule has 0 aromatic heterocycles. The van der Waals surface area contributed by atoms with E-state index in [0.717, 1.165) is 25.9 Å². The molecule has 2 heterocycles. The van der Waals surface area contributed by atoms with Crippen molar-refractivity contribution in [2.75, 3.05) is 19.8 Å². The van der Waals surface area contributed by atoms with Crippen LogP contribution in [0.25, 0.3) is 0 Å². The SMILES string of the molecule is CCC1NCC(=O)N1C1CCCOC1. The standard InChI is InChI=1S/C10H18N2O2/c1-2-9-11-6-10(13)12(9)8-4-3-5-14-7-8/h8-9,11H,2-7H2,1H3. The van der Waals surface area contributed by atoms with Crippen LogP contribution in [0.2, 0.25) is 0 Å². The molecule has 4 heteroatoms. The van der Waals surface area contributed by atoms with E-state index < -0.39 is 0 Å². The number of ether oxygens (including phenoxy) is 1. The average Bonchev–Trinajstić information content (AvgIpc) is 2.61. The first kappa shape index (κ1) is 9.93. The van der Waals surface area contributed by atoms with Gasteiger partial charge in [-0.25, -0.2) is 0 Å². The fourth-order valence-corrected chi connectivity index (χ4v) is 2.31. The lowest BCUT2D eigenvalue weighted by Gasteiger charge is -2.34. The smallest absolute Gasteiger partial charge is 0.238 e. The number of hydrogen-bond donors (Lipinski definition) is 1. The molecular formula is C10H18N2O2. The number of rotatable bonds is 2. The monoisotopic (exact) mass is 198 g/mol. The van der Waals surface area contributed by atoms with Gasteiger partial charge in [0.25, 0.3) is 0 Å². The Labute approximate surface area is 84.6 Å². The van der Waals surface area contributed by atoms with Crippen molar-refractivity contribution in [2.45, 2.75) is 38.4 Å². The minimum atomic E-state index is 0.229. The van der Waals surface area contributed by atoms with Gasteiger partial charge in [0, 0.05) is 6.61 Å². The molecule has 0 aromatic rings. The van der Waals surface area contributed by atoms with E-state index >= 15 is 0 Å². The van der Waals surface area contributed by atoms with E-state index in [2.05, 4.69) is 12.2 Å². The summed E-state index contributed by atoms with van der Waals surface area (Å²) in [5.74, 6) is 0.229. The molecule has 2 atom stereocenters. The fraction of sp³-hybridized carbons (Fsp3) is 0.900. The Kier molecular flexibility index (Phi) is 3.03. The summed E-state index contributed by atoms with van der Waals surface area (Å²) in [5, 5.41) is 3.22. The van der Waals surface area contributed by atoms with E-state index in [0.29, 0.717) is 19.2 Å². The summed E-state index contributed by atoms with van der Waals surface area (Å²) >= 11 is 0. The molecule has 2 unspecified atom stereocenters. The normalized spacial score (nSPS) is 33.8. The fourth-order valence-electron chi connectivity index (χ4n) is 2.31. The largest absolute Gasteiger partial charge is 0.379 e. The summed E-state index contributed by atoms with van der Waals surface area (Å²) in [6, 6.07) is 0.302. The Bertz CT molecular complexity index is 214. The summed E-state index contributed by atoms with van der Waals surface area (Å²) < 4.78 is 5.41. The minimum Gasteiger partial charge on any atom is -0.379 e. The molecule has 0 aliphatic carbocycles. The summed E-state index contributed by atoms with van der Waals surface area (Å²) in [6.45, 7) is 4.16. The van der Waals surface area contributed by atoms with E-state index in [9.17, 15) is 4.79 Å². The van der Waals surface area contributed by atoms with Gasteiger partial charge in [-0.1, -0.05) is 6.92 Å². The van der Waals surface area contributed by atoms with E-state index in [1.165, 1.54) is 0 Å². The van der Waals surface area contributed by atoms with Crippen molar-refractivity contribution >= 4 is 5.91 Å². The van der Waals surface area contributed by atoms with Gasteiger partial charge in [-0.3, -0.25) is 10.1 Å². The van der Waals surface area contributed by atoms with Gasteiger partial charge in [0.05, 0.1) is 25.4 Å². The number of carbonyl (C=O) groups is 1. The number of nitrogens with zero attached hydrogens (tertiary/aromatic N) is 1. The van der Waals surface area contributed by atoms with Crippen LogP contribution in [0.3, 0.4) is 0 Å². The first-order chi connectivity index (χ1) is 6.83. The lowest BCUT2D eigenvalue weighted by molar-refractivity contribution is -0.133. The molecule has 2 fully saturated rings. The van der Waals surface area contributed by atoms with E-state index in [-0.39, 0.29) is 12.1 Å². The molecule has 2 aliphatic rings. The average molecular weight is 198 g/mol. The molecule has 0 bridgehead atoms. The molecule has 0 spiro atoms. The molecule has 14 heavy (non-hydrogen) atoms. The van der Waals surface area contributed by atoms with E-state index in [1.54, 1.807) is 0 Å². The van der Waals surface area contributed by atoms with Crippen molar-refractivity contribution in [3.05, 3.63) is 0 Å². The van der Waals surface area contributed by atoms with Crippen LogP contribution < -0.4 is 5.32 Å². The molecular weight excluding hydrogens is 180 g/mol. The van der Waals surface area contributed by atoms with Crippen LogP contribution in [0.5, 0.6) is 0 Å². The summed E-state index contributed by atoms with van der Waals surface area (Å²) in [5.41, 5.74) is 0. The van der Waals surface area contributed by atoms with Crippen LogP contribution in [0, 0.1) is 0 Å². The van der Waals surface area contributed by atoms with Gasteiger partial charge in [0.15, 0.2) is 0 Å². The zero-order chi connectivity index (χ0) is 9.97. The highest BCUT2D eigenvalue weighted by Gasteiger charge is 2.35. The maximum absolute atomic E-state index is 11.7. The van der Waals surface area contributed by atoms with Gasteiger partial charge in [-0.05, 0) is 19.3 Å². The molecule has 0 radical (unpaired) electrons. The highest BCUT2D eigenvalue weighted by Crippen LogP contribution is 2.19. The lowest BCUT2D eigenvalue weighted by atomic mass is 10.1. The molecule has 0 aromatic carbocycles. The highest BCUT2D eigenvalue weighted by atomic mass is 16.5. The van der Waals surface area contributed by atoms with Gasteiger partial charge in [-0.15, -0.1) is 0 Å². The molecule has 2 aliphatic heterocycles. The second-order valence-corrected chi connectivity index (χ2v) is 3.98. The van der Waals surface area contributed by atoms with Crippen molar-refractivity contribution in [1.29, 1.82) is 0 Å². The first-order valence-corrected chi connectivity index (χ1v) is 5.45. The second-order valence-electron chi connectivity index (χ2n) is 3.98. The van der Waals surface area contributed by atoms with E-state index in [1.807, 2.05) is 4.90 Å². The van der Waals surface area contributed by atoms with Gasteiger partial charge in [-0.2, -0.15) is 0 Å². The zero-order valence-electron chi connectivity index (χ0n) is 8.66. The molecule has 2 saturated heterocycles. The van der Waals surface area contributed by atoms with Gasteiger partial charge < -0.3 is 9.64 Å². The zero-order valence-corrected chi connectivity index (χ0v) is 8.66. The van der Waals surface area contributed by atoms with Crippen molar-refractivity contribution in [2.24, 2.45) is 0 Å². The maximum Gasteiger partial charge on any atom is 0.238 e. The quantitative estimate of drug-likeness (QED) is 0.695. The maximum atomic E-state index is 11.7. The summed E-state index contributed by atoms with van der Waals surface area (Å²) in [6.07, 6.45) is 3.37. The highest BCUT2D eigenvalue weighted by molar-refractivity contribution is 5.81. The third kappa shape index (κ3) is 1.77. The van der Waals surface area contributed by atoms with Crippen LogP contribution >= 0.6 is 0 Å². The Balaban J connectivity index is 2.01. The second kappa shape index (κ2) is 4.28. The molecule has 1 amide bonds. The van der Waals surface area contributed by atoms with Crippen molar-refractivity contribution in [3.8, 4) is 0 Å². The first-order valence-electron chi connectivity index (χ1n) is 5.45. The Morgan fingerprint density at radius 2 is 2.50 bits per heavy atom. The van der Waals surface area contributed by atoms with Gasteiger partial charge in [0.2, 0.25) is 5.91 Å². The topological polar surface area (TPSA) is 41.6 Å².